The highest BCUT2D eigenvalue weighted by Gasteiger charge is 2.29. The molecule has 0 spiro atoms. The number of aliphatic hydroxyl groups excluding tert-OH is 1. The minimum atomic E-state index is -0.680. The Balaban J connectivity index is 1.55. The van der Waals surface area contributed by atoms with Gasteiger partial charge in [0.1, 0.15) is 0 Å². The summed E-state index contributed by atoms with van der Waals surface area (Å²) in [7, 11) is 0. The predicted molar refractivity (Wildman–Crippen MR) is 96.0 cm³/mol. The number of halogens is 1. The third kappa shape index (κ3) is 3.39. The monoisotopic (exact) mass is 384 g/mol. The lowest BCUT2D eigenvalue weighted by atomic mass is 10.1. The highest BCUT2D eigenvalue weighted by molar-refractivity contribution is 9.10. The molecule has 1 saturated carbocycles. The van der Waals surface area contributed by atoms with E-state index in [2.05, 4.69) is 31.0 Å². The van der Waals surface area contributed by atoms with Gasteiger partial charge in [0.2, 0.25) is 0 Å². The second-order valence-electron chi connectivity index (χ2n) is 6.09. The van der Waals surface area contributed by atoms with Gasteiger partial charge in [-0.2, -0.15) is 5.10 Å². The smallest absolute Gasteiger partial charge is 0.162 e. The van der Waals surface area contributed by atoms with Crippen LogP contribution in [0.1, 0.15) is 18.4 Å². The maximum atomic E-state index is 10.2. The fourth-order valence-electron chi connectivity index (χ4n) is 2.71. The molecule has 2 aliphatic rings. The van der Waals surface area contributed by atoms with Gasteiger partial charge in [-0.3, -0.25) is 5.01 Å². The molecule has 0 bridgehead atoms. The topological polar surface area (TPSA) is 61.6 Å². The van der Waals surface area contributed by atoms with Crippen molar-refractivity contribution in [1.82, 2.24) is 15.0 Å². The molecule has 2 aromatic rings. The Morgan fingerprint density at radius 1 is 1.21 bits per heavy atom. The van der Waals surface area contributed by atoms with Gasteiger partial charge in [-0.25, -0.2) is 9.97 Å². The van der Waals surface area contributed by atoms with Crippen LogP contribution >= 0.6 is 15.9 Å². The van der Waals surface area contributed by atoms with Gasteiger partial charge >= 0.3 is 0 Å². The van der Waals surface area contributed by atoms with E-state index in [0.717, 1.165) is 21.3 Å². The van der Waals surface area contributed by atoms with Crippen LogP contribution in [0.5, 0.6) is 0 Å². The largest absolute Gasteiger partial charge is 0.369 e. The number of aliphatic hydroxyl groups is 1. The van der Waals surface area contributed by atoms with Crippen molar-refractivity contribution in [2.45, 2.75) is 25.6 Å². The van der Waals surface area contributed by atoms with E-state index in [1.165, 1.54) is 12.8 Å². The summed E-state index contributed by atoms with van der Waals surface area (Å²) in [6, 6.07) is 8.03. The fraction of sp³-hybridized carbons (Fsp3) is 0.278. The second kappa shape index (κ2) is 6.45. The Labute approximate surface area is 148 Å². The minimum absolute atomic E-state index is 0.548. The van der Waals surface area contributed by atoms with Crippen LogP contribution in [0.3, 0.4) is 0 Å². The third-order valence-corrected chi connectivity index (χ3v) is 4.54. The molecule has 0 amide bonds. The average Bonchev–Trinajstić information content (AvgIpc) is 3.43. The van der Waals surface area contributed by atoms with E-state index < -0.39 is 6.23 Å². The Morgan fingerprint density at radius 3 is 2.75 bits per heavy atom. The first-order chi connectivity index (χ1) is 11.7. The zero-order chi connectivity index (χ0) is 16.5. The molecule has 5 nitrogen and oxygen atoms in total. The summed E-state index contributed by atoms with van der Waals surface area (Å²) in [6.45, 7) is 0.548. The molecule has 1 aromatic heterocycles. The van der Waals surface area contributed by atoms with Crippen molar-refractivity contribution in [1.29, 1.82) is 0 Å². The normalized spacial score (nSPS) is 20.2. The number of allylic oxidation sites excluding steroid dienone is 1. The molecule has 1 atom stereocenters. The summed E-state index contributed by atoms with van der Waals surface area (Å²) in [5, 5.41) is 16.5. The summed E-state index contributed by atoms with van der Waals surface area (Å²) in [4.78, 5) is 8.67. The third-order valence-electron chi connectivity index (χ3n) is 4.13. The van der Waals surface area contributed by atoms with E-state index in [1.807, 2.05) is 36.4 Å². The van der Waals surface area contributed by atoms with Gasteiger partial charge in [-0.05, 0) is 52.6 Å². The molecule has 1 unspecified atom stereocenters. The molecular weight excluding hydrogens is 368 g/mol. The maximum Gasteiger partial charge on any atom is 0.162 e. The number of hydrogen-bond acceptors (Lipinski definition) is 5. The lowest BCUT2D eigenvalue weighted by molar-refractivity contribution is 0.0353. The van der Waals surface area contributed by atoms with E-state index in [-0.39, 0.29) is 0 Å². The van der Waals surface area contributed by atoms with E-state index in [0.29, 0.717) is 18.3 Å². The first-order valence-corrected chi connectivity index (χ1v) is 8.76. The maximum absolute atomic E-state index is 10.2. The van der Waals surface area contributed by atoms with Crippen LogP contribution in [0.2, 0.25) is 0 Å². The summed E-state index contributed by atoms with van der Waals surface area (Å²) in [6.07, 6.45) is 8.95. The first kappa shape index (κ1) is 15.5. The molecule has 0 saturated heterocycles. The number of benzene rings is 1. The standard InChI is InChI=1S/C18H17BrN4O/c19-15-9-20-18(21-10-15)14-3-1-2-12(8-14)11-23-17(24)7-6-16(22-23)13-4-5-13/h1-3,6-10,13,17,24H,4-5,11H2. The molecule has 1 fully saturated rings. The Kier molecular flexibility index (Phi) is 4.16. The van der Waals surface area contributed by atoms with Crippen molar-refractivity contribution >= 4 is 21.6 Å². The van der Waals surface area contributed by atoms with Gasteiger partial charge in [0.25, 0.3) is 0 Å². The fourth-order valence-corrected chi connectivity index (χ4v) is 2.91. The van der Waals surface area contributed by atoms with Crippen molar-refractivity contribution in [2.75, 3.05) is 0 Å². The lowest BCUT2D eigenvalue weighted by Gasteiger charge is -2.27. The number of nitrogens with zero attached hydrogens (tertiary/aromatic N) is 4. The van der Waals surface area contributed by atoms with Crippen molar-refractivity contribution in [3.05, 3.63) is 58.8 Å². The van der Waals surface area contributed by atoms with Crippen LogP contribution in [0.25, 0.3) is 11.4 Å². The average molecular weight is 385 g/mol. The Morgan fingerprint density at radius 2 is 2.00 bits per heavy atom. The lowest BCUT2D eigenvalue weighted by Crippen LogP contribution is -2.32. The van der Waals surface area contributed by atoms with Gasteiger partial charge < -0.3 is 5.11 Å². The van der Waals surface area contributed by atoms with Crippen molar-refractivity contribution < 1.29 is 5.11 Å². The number of hydrogen-bond donors (Lipinski definition) is 1. The van der Waals surface area contributed by atoms with Crippen LogP contribution in [0, 0.1) is 5.92 Å². The summed E-state index contributed by atoms with van der Waals surface area (Å²) in [5.74, 6) is 1.25. The van der Waals surface area contributed by atoms with Gasteiger partial charge in [0, 0.05) is 23.9 Å². The number of aromatic nitrogens is 2. The second-order valence-corrected chi connectivity index (χ2v) is 7.01. The number of rotatable bonds is 4. The Hall–Kier alpha value is -2.05. The molecule has 0 radical (unpaired) electrons. The number of hydrazone groups is 1. The van der Waals surface area contributed by atoms with Gasteiger partial charge in [-0.15, -0.1) is 0 Å². The predicted octanol–water partition coefficient (Wildman–Crippen LogP) is 3.36. The molecule has 6 heteroatoms. The zero-order valence-electron chi connectivity index (χ0n) is 13.0. The van der Waals surface area contributed by atoms with E-state index in [9.17, 15) is 5.11 Å². The van der Waals surface area contributed by atoms with E-state index in [4.69, 9.17) is 0 Å². The SMILES string of the molecule is OC1C=CC(C2CC2)=NN1Cc1cccc(-c2ncc(Br)cn2)c1. The van der Waals surface area contributed by atoms with Crippen LogP contribution in [-0.4, -0.2) is 32.0 Å². The zero-order valence-corrected chi connectivity index (χ0v) is 14.6. The van der Waals surface area contributed by atoms with Gasteiger partial charge in [-0.1, -0.05) is 18.2 Å². The van der Waals surface area contributed by atoms with Crippen LogP contribution in [-0.2, 0) is 6.54 Å². The molecule has 2 heterocycles. The quantitative estimate of drug-likeness (QED) is 0.877. The molecule has 1 aliphatic heterocycles. The summed E-state index contributed by atoms with van der Waals surface area (Å²) >= 11 is 3.35. The molecule has 1 aromatic carbocycles. The van der Waals surface area contributed by atoms with Crippen molar-refractivity contribution in [3.63, 3.8) is 0 Å². The summed E-state index contributed by atoms with van der Waals surface area (Å²) < 4.78 is 0.854. The highest BCUT2D eigenvalue weighted by Crippen LogP contribution is 2.33. The van der Waals surface area contributed by atoms with Crippen LogP contribution in [0.15, 0.2) is 58.4 Å². The molecule has 122 valence electrons. The molecule has 24 heavy (non-hydrogen) atoms. The van der Waals surface area contributed by atoms with Crippen molar-refractivity contribution in [3.8, 4) is 11.4 Å². The minimum Gasteiger partial charge on any atom is -0.369 e. The van der Waals surface area contributed by atoms with Crippen LogP contribution in [0.4, 0.5) is 0 Å². The van der Waals surface area contributed by atoms with Crippen molar-refractivity contribution in [2.24, 2.45) is 11.0 Å². The molecule has 1 aliphatic carbocycles. The Bertz CT molecular complexity index is 799. The molecule has 1 N–H and O–H groups in total. The molecular formula is C18H17BrN4O. The summed E-state index contributed by atoms with van der Waals surface area (Å²) in [5.41, 5.74) is 3.09. The molecule has 4 rings (SSSR count). The first-order valence-electron chi connectivity index (χ1n) is 7.97. The van der Waals surface area contributed by atoms with Crippen LogP contribution < -0.4 is 0 Å². The van der Waals surface area contributed by atoms with Gasteiger partial charge in [0.15, 0.2) is 12.1 Å². The highest BCUT2D eigenvalue weighted by atomic mass is 79.9. The van der Waals surface area contributed by atoms with Gasteiger partial charge in [0.05, 0.1) is 16.7 Å². The van der Waals surface area contributed by atoms with E-state index in [1.54, 1.807) is 17.4 Å². The van der Waals surface area contributed by atoms with E-state index >= 15 is 0 Å².